The Morgan fingerprint density at radius 3 is 2.67 bits per heavy atom. The fraction of sp³-hybridized carbons (Fsp3) is 0.308. The van der Waals surface area contributed by atoms with Crippen LogP contribution in [0.3, 0.4) is 0 Å². The Hall–Kier alpha value is -3.14. The summed E-state index contributed by atoms with van der Waals surface area (Å²) >= 11 is 0. The third kappa shape index (κ3) is 4.38. The molecule has 1 heterocycles. The summed E-state index contributed by atoms with van der Waals surface area (Å²) in [6.07, 6.45) is 2.04. The average molecular weight is 401 g/mol. The maximum Gasteiger partial charge on any atom is 0.229 e. The van der Waals surface area contributed by atoms with Gasteiger partial charge < -0.3 is 10.2 Å². The van der Waals surface area contributed by atoms with Gasteiger partial charge >= 0.3 is 0 Å². The van der Waals surface area contributed by atoms with Gasteiger partial charge in [0.15, 0.2) is 0 Å². The van der Waals surface area contributed by atoms with Crippen LogP contribution in [0, 0.1) is 19.8 Å². The fourth-order valence-electron chi connectivity index (χ4n) is 4.33. The number of rotatable bonds is 4. The monoisotopic (exact) mass is 400 g/mol. The topological polar surface area (TPSA) is 49.4 Å². The van der Waals surface area contributed by atoms with Gasteiger partial charge in [-0.1, -0.05) is 60.2 Å². The van der Waals surface area contributed by atoms with Gasteiger partial charge in [-0.25, -0.2) is 0 Å². The summed E-state index contributed by atoms with van der Waals surface area (Å²) in [5, 5.41) is 5.33. The lowest BCUT2D eigenvalue weighted by Crippen LogP contribution is -2.44. The summed E-state index contributed by atoms with van der Waals surface area (Å²) in [6, 6.07) is 20.3. The van der Waals surface area contributed by atoms with E-state index in [1.807, 2.05) is 55.1 Å². The summed E-state index contributed by atoms with van der Waals surface area (Å²) in [5.41, 5.74) is 4.13. The zero-order valence-corrected chi connectivity index (χ0v) is 17.7. The van der Waals surface area contributed by atoms with Crippen LogP contribution in [0.2, 0.25) is 0 Å². The van der Waals surface area contributed by atoms with Crippen LogP contribution in [0.5, 0.6) is 0 Å². The quantitative estimate of drug-likeness (QED) is 0.679. The molecule has 1 aliphatic heterocycles. The van der Waals surface area contributed by atoms with Crippen LogP contribution in [-0.2, 0) is 16.0 Å². The predicted molar refractivity (Wildman–Crippen MR) is 122 cm³/mol. The number of hydrogen-bond donors (Lipinski definition) is 1. The number of aryl methyl sites for hydroxylation is 2. The number of carbonyl (C=O) groups excluding carboxylic acids is 2. The molecule has 0 spiro atoms. The van der Waals surface area contributed by atoms with Crippen molar-refractivity contribution in [1.29, 1.82) is 0 Å². The number of likely N-dealkylation sites (tertiary alicyclic amines) is 1. The first-order valence-electron chi connectivity index (χ1n) is 10.6. The molecule has 1 atom stereocenters. The zero-order chi connectivity index (χ0) is 21.1. The summed E-state index contributed by atoms with van der Waals surface area (Å²) in [7, 11) is 0. The first-order valence-corrected chi connectivity index (χ1v) is 10.6. The molecule has 4 heteroatoms. The smallest absolute Gasteiger partial charge is 0.229 e. The molecule has 1 N–H and O–H groups in total. The van der Waals surface area contributed by atoms with Crippen LogP contribution in [0.15, 0.2) is 60.7 Å². The molecule has 0 unspecified atom stereocenters. The van der Waals surface area contributed by atoms with Crippen molar-refractivity contribution in [1.82, 2.24) is 4.90 Å². The molecule has 0 radical (unpaired) electrons. The first kappa shape index (κ1) is 20.1. The molecule has 30 heavy (non-hydrogen) atoms. The maximum atomic E-state index is 13.0. The van der Waals surface area contributed by atoms with E-state index in [9.17, 15) is 9.59 Å². The molecular weight excluding hydrogens is 372 g/mol. The second-order valence-electron chi connectivity index (χ2n) is 8.30. The summed E-state index contributed by atoms with van der Waals surface area (Å²) in [5.74, 6) is -0.0732. The fourth-order valence-corrected chi connectivity index (χ4v) is 4.33. The zero-order valence-electron chi connectivity index (χ0n) is 17.7. The van der Waals surface area contributed by atoms with Crippen molar-refractivity contribution in [3.63, 3.8) is 0 Å². The number of carbonyl (C=O) groups is 2. The van der Waals surface area contributed by atoms with E-state index in [0.29, 0.717) is 13.0 Å². The Labute approximate surface area is 177 Å². The van der Waals surface area contributed by atoms with Crippen LogP contribution in [-0.4, -0.2) is 29.8 Å². The average Bonchev–Trinajstić information content (AvgIpc) is 2.76. The predicted octanol–water partition coefficient (Wildman–Crippen LogP) is 4.88. The molecule has 4 nitrogen and oxygen atoms in total. The molecule has 0 bridgehead atoms. The van der Waals surface area contributed by atoms with Gasteiger partial charge in [0.05, 0.1) is 12.3 Å². The molecule has 2 amide bonds. The molecule has 1 saturated heterocycles. The van der Waals surface area contributed by atoms with E-state index in [-0.39, 0.29) is 17.7 Å². The Bertz CT molecular complexity index is 1080. The van der Waals surface area contributed by atoms with Gasteiger partial charge in [-0.05, 0) is 54.7 Å². The number of nitrogens with one attached hydrogen (secondary N) is 1. The minimum atomic E-state index is -0.170. The Balaban J connectivity index is 1.43. The number of benzene rings is 3. The number of nitrogens with zero attached hydrogens (tertiary/aromatic N) is 1. The standard InChI is InChI=1S/C26H28N2O2/c1-18-12-13-24(19(2)15-18)27-26(30)22-10-6-14-28(17-22)25(29)16-21-9-5-8-20-7-3-4-11-23(20)21/h3-5,7-9,11-13,15,22H,6,10,14,16-17H2,1-2H3,(H,27,30)/t22-/m1/s1. The van der Waals surface area contributed by atoms with Crippen molar-refractivity contribution in [2.75, 3.05) is 18.4 Å². The van der Waals surface area contributed by atoms with Gasteiger partial charge in [0.25, 0.3) is 0 Å². The lowest BCUT2D eigenvalue weighted by Gasteiger charge is -2.32. The number of hydrogen-bond acceptors (Lipinski definition) is 2. The number of amides is 2. The SMILES string of the molecule is Cc1ccc(NC(=O)[C@@H]2CCCN(C(=O)Cc3cccc4ccccc34)C2)c(C)c1. The van der Waals surface area contributed by atoms with E-state index in [1.54, 1.807) is 0 Å². The molecular formula is C26H28N2O2. The number of fused-ring (bicyclic) bond motifs is 1. The largest absolute Gasteiger partial charge is 0.342 e. The van der Waals surface area contributed by atoms with Crippen LogP contribution >= 0.6 is 0 Å². The molecule has 3 aromatic rings. The van der Waals surface area contributed by atoms with Crippen LogP contribution in [0.1, 0.15) is 29.5 Å². The third-order valence-electron chi connectivity index (χ3n) is 6.01. The normalized spacial score (nSPS) is 16.5. The molecule has 1 fully saturated rings. The minimum Gasteiger partial charge on any atom is -0.342 e. The van der Waals surface area contributed by atoms with Gasteiger partial charge in [-0.15, -0.1) is 0 Å². The van der Waals surface area contributed by atoms with Gasteiger partial charge in [0, 0.05) is 18.8 Å². The maximum absolute atomic E-state index is 13.0. The van der Waals surface area contributed by atoms with E-state index in [1.165, 1.54) is 5.56 Å². The summed E-state index contributed by atoms with van der Waals surface area (Å²) in [4.78, 5) is 27.7. The highest BCUT2D eigenvalue weighted by Gasteiger charge is 2.28. The van der Waals surface area contributed by atoms with Gasteiger partial charge in [0.1, 0.15) is 0 Å². The summed E-state index contributed by atoms with van der Waals surface area (Å²) in [6.45, 7) is 5.25. The van der Waals surface area contributed by atoms with E-state index >= 15 is 0 Å². The van der Waals surface area contributed by atoms with Crippen molar-refractivity contribution in [2.24, 2.45) is 5.92 Å². The Morgan fingerprint density at radius 2 is 1.83 bits per heavy atom. The van der Waals surface area contributed by atoms with Crippen LogP contribution < -0.4 is 5.32 Å². The lowest BCUT2D eigenvalue weighted by molar-refractivity contribution is -0.133. The molecule has 4 rings (SSSR count). The van der Waals surface area contributed by atoms with E-state index in [4.69, 9.17) is 0 Å². The molecule has 1 aliphatic rings. The lowest BCUT2D eigenvalue weighted by atomic mass is 9.95. The number of anilines is 1. The highest BCUT2D eigenvalue weighted by atomic mass is 16.2. The van der Waals surface area contributed by atoms with Crippen molar-refractivity contribution >= 4 is 28.3 Å². The molecule has 0 aliphatic carbocycles. The van der Waals surface area contributed by atoms with Crippen LogP contribution in [0.4, 0.5) is 5.69 Å². The molecule has 0 aromatic heterocycles. The summed E-state index contributed by atoms with van der Waals surface area (Å²) < 4.78 is 0. The molecule has 154 valence electrons. The second kappa shape index (κ2) is 8.70. The van der Waals surface area contributed by atoms with E-state index in [0.717, 1.165) is 47.0 Å². The van der Waals surface area contributed by atoms with E-state index in [2.05, 4.69) is 29.6 Å². The van der Waals surface area contributed by atoms with E-state index < -0.39 is 0 Å². The van der Waals surface area contributed by atoms with Gasteiger partial charge in [-0.3, -0.25) is 9.59 Å². The highest BCUT2D eigenvalue weighted by Crippen LogP contribution is 2.23. The Kier molecular flexibility index (Phi) is 5.84. The third-order valence-corrected chi connectivity index (χ3v) is 6.01. The van der Waals surface area contributed by atoms with Crippen molar-refractivity contribution in [2.45, 2.75) is 33.1 Å². The molecule has 0 saturated carbocycles. The van der Waals surface area contributed by atoms with Crippen molar-refractivity contribution < 1.29 is 9.59 Å². The first-order chi connectivity index (χ1) is 14.5. The van der Waals surface area contributed by atoms with Crippen LogP contribution in [0.25, 0.3) is 10.8 Å². The van der Waals surface area contributed by atoms with Crippen molar-refractivity contribution in [3.05, 3.63) is 77.4 Å². The number of piperidine rings is 1. The van der Waals surface area contributed by atoms with Crippen molar-refractivity contribution in [3.8, 4) is 0 Å². The van der Waals surface area contributed by atoms with Gasteiger partial charge in [-0.2, -0.15) is 0 Å². The van der Waals surface area contributed by atoms with Gasteiger partial charge in [0.2, 0.25) is 11.8 Å². The molecule has 3 aromatic carbocycles. The highest BCUT2D eigenvalue weighted by molar-refractivity contribution is 5.94. The Morgan fingerprint density at radius 1 is 1.03 bits per heavy atom. The second-order valence-corrected chi connectivity index (χ2v) is 8.30. The minimum absolute atomic E-state index is 0.00427.